The quantitative estimate of drug-likeness (QED) is 0.530. The van der Waals surface area contributed by atoms with Gasteiger partial charge >= 0.3 is 0 Å². The first-order chi connectivity index (χ1) is 14.2. The van der Waals surface area contributed by atoms with Crippen LogP contribution in [0.3, 0.4) is 0 Å². The number of amides is 1. The van der Waals surface area contributed by atoms with Crippen molar-refractivity contribution in [1.82, 2.24) is 19.7 Å². The molecule has 0 unspecified atom stereocenters. The zero-order valence-corrected chi connectivity index (χ0v) is 16.2. The maximum Gasteiger partial charge on any atom is 0.283 e. The van der Waals surface area contributed by atoms with Gasteiger partial charge in [-0.3, -0.25) is 4.79 Å². The van der Waals surface area contributed by atoms with E-state index in [4.69, 9.17) is 8.83 Å². The number of hydrogen-bond donors (Lipinski definition) is 0. The van der Waals surface area contributed by atoms with Crippen molar-refractivity contribution in [2.45, 2.75) is 25.2 Å². The van der Waals surface area contributed by atoms with E-state index in [0.717, 1.165) is 29.3 Å². The lowest BCUT2D eigenvalue weighted by molar-refractivity contribution is -0.131. The number of carbonyl (C=O) groups excluding carboxylic acids is 1. The Hall–Kier alpha value is -3.35. The third-order valence-electron chi connectivity index (χ3n) is 5.69. The summed E-state index contributed by atoms with van der Waals surface area (Å²) in [5, 5.41) is 9.42. The van der Waals surface area contributed by atoms with E-state index in [1.165, 1.54) is 0 Å². The Morgan fingerprint density at radius 2 is 1.97 bits per heavy atom. The minimum Gasteiger partial charge on any atom is -0.459 e. The largest absolute Gasteiger partial charge is 0.459 e. The number of furan rings is 1. The number of fused-ring (bicyclic) bond motifs is 1. The van der Waals surface area contributed by atoms with Crippen LogP contribution in [0.25, 0.3) is 22.6 Å². The predicted octanol–water partition coefficient (Wildman–Crippen LogP) is 3.77. The van der Waals surface area contributed by atoms with Gasteiger partial charge in [0.2, 0.25) is 11.8 Å². The zero-order chi connectivity index (χ0) is 19.8. The van der Waals surface area contributed by atoms with E-state index in [1.54, 1.807) is 18.4 Å². The van der Waals surface area contributed by atoms with Gasteiger partial charge in [0, 0.05) is 43.2 Å². The van der Waals surface area contributed by atoms with Crippen molar-refractivity contribution in [3.8, 4) is 11.7 Å². The molecule has 29 heavy (non-hydrogen) atoms. The van der Waals surface area contributed by atoms with Crippen LogP contribution in [0.2, 0.25) is 0 Å². The maximum absolute atomic E-state index is 12.9. The molecule has 4 aromatic rings. The number of piperidine rings is 1. The topological polar surface area (TPSA) is 77.3 Å². The molecule has 0 atom stereocenters. The fourth-order valence-corrected chi connectivity index (χ4v) is 4.12. The van der Waals surface area contributed by atoms with E-state index in [2.05, 4.69) is 33.1 Å². The highest BCUT2D eigenvalue weighted by Crippen LogP contribution is 2.30. The average molecular weight is 390 g/mol. The van der Waals surface area contributed by atoms with E-state index in [9.17, 15) is 4.79 Å². The maximum atomic E-state index is 12.9. The van der Waals surface area contributed by atoms with Gasteiger partial charge in [0.1, 0.15) is 0 Å². The molecular weight excluding hydrogens is 368 g/mol. The second-order valence-electron chi connectivity index (χ2n) is 7.54. The monoisotopic (exact) mass is 390 g/mol. The van der Waals surface area contributed by atoms with Crippen molar-refractivity contribution >= 4 is 16.8 Å². The van der Waals surface area contributed by atoms with Crippen LogP contribution in [0.15, 0.2) is 57.7 Å². The number of aryl methyl sites for hydroxylation is 1. The molecule has 0 aliphatic carbocycles. The Balaban J connectivity index is 1.23. The van der Waals surface area contributed by atoms with E-state index in [1.807, 2.05) is 24.1 Å². The van der Waals surface area contributed by atoms with E-state index in [0.29, 0.717) is 37.1 Å². The third-order valence-corrected chi connectivity index (χ3v) is 5.69. The van der Waals surface area contributed by atoms with E-state index < -0.39 is 0 Å². The zero-order valence-electron chi connectivity index (χ0n) is 16.2. The highest BCUT2D eigenvalue weighted by molar-refractivity contribution is 5.89. The molecule has 1 aromatic carbocycles. The molecule has 1 aliphatic rings. The number of aromatic nitrogens is 3. The van der Waals surface area contributed by atoms with E-state index in [-0.39, 0.29) is 11.8 Å². The van der Waals surface area contributed by atoms with Gasteiger partial charge in [-0.05, 0) is 36.6 Å². The summed E-state index contributed by atoms with van der Waals surface area (Å²) < 4.78 is 13.2. The Bertz CT molecular complexity index is 1130. The first-order valence-corrected chi connectivity index (χ1v) is 9.87. The summed E-state index contributed by atoms with van der Waals surface area (Å²) in [6, 6.07) is 11.8. The Morgan fingerprint density at radius 3 is 2.76 bits per heavy atom. The summed E-state index contributed by atoms with van der Waals surface area (Å²) in [5.74, 6) is 1.94. The molecule has 4 heterocycles. The minimum absolute atomic E-state index is 0.168. The number of likely N-dealkylation sites (tertiary alicyclic amines) is 1. The van der Waals surface area contributed by atoms with Gasteiger partial charge in [-0.15, -0.1) is 10.2 Å². The van der Waals surface area contributed by atoms with Crippen LogP contribution in [0.4, 0.5) is 0 Å². The smallest absolute Gasteiger partial charge is 0.283 e. The van der Waals surface area contributed by atoms with Crippen LogP contribution in [0.5, 0.6) is 0 Å². The first kappa shape index (κ1) is 17.7. The van der Waals surface area contributed by atoms with Gasteiger partial charge in [0.05, 0.1) is 12.7 Å². The molecule has 0 radical (unpaired) electrons. The Kier molecular flexibility index (Phi) is 4.42. The van der Waals surface area contributed by atoms with Gasteiger partial charge in [-0.2, -0.15) is 0 Å². The van der Waals surface area contributed by atoms with Gasteiger partial charge in [0.25, 0.3) is 5.89 Å². The Labute approximate surface area is 167 Å². The van der Waals surface area contributed by atoms with Crippen molar-refractivity contribution in [3.63, 3.8) is 0 Å². The summed E-state index contributed by atoms with van der Waals surface area (Å²) >= 11 is 0. The molecule has 5 rings (SSSR count). The normalized spacial score (nSPS) is 15.3. The van der Waals surface area contributed by atoms with Crippen molar-refractivity contribution in [2.24, 2.45) is 7.05 Å². The summed E-state index contributed by atoms with van der Waals surface area (Å²) in [6.07, 6.45) is 5.71. The molecule has 7 heteroatoms. The van der Waals surface area contributed by atoms with Crippen molar-refractivity contribution in [3.05, 3.63) is 60.3 Å². The lowest BCUT2D eigenvalue weighted by Gasteiger charge is -2.30. The third kappa shape index (κ3) is 3.33. The van der Waals surface area contributed by atoms with Crippen LogP contribution < -0.4 is 0 Å². The molecule has 1 aliphatic heterocycles. The molecular formula is C22H22N4O3. The lowest BCUT2D eigenvalue weighted by atomic mass is 9.96. The highest BCUT2D eigenvalue weighted by Gasteiger charge is 2.28. The molecule has 1 saturated heterocycles. The number of nitrogens with zero attached hydrogens (tertiary/aromatic N) is 4. The van der Waals surface area contributed by atoms with Crippen LogP contribution in [-0.2, 0) is 18.3 Å². The summed E-state index contributed by atoms with van der Waals surface area (Å²) in [4.78, 5) is 14.8. The number of para-hydroxylation sites is 1. The first-order valence-electron chi connectivity index (χ1n) is 9.87. The van der Waals surface area contributed by atoms with Crippen molar-refractivity contribution in [2.75, 3.05) is 13.1 Å². The number of rotatable bonds is 4. The number of benzene rings is 1. The molecule has 0 bridgehead atoms. The highest BCUT2D eigenvalue weighted by atomic mass is 16.4. The van der Waals surface area contributed by atoms with Crippen LogP contribution in [0.1, 0.15) is 30.2 Å². The molecule has 148 valence electrons. The van der Waals surface area contributed by atoms with Crippen molar-refractivity contribution in [1.29, 1.82) is 0 Å². The Morgan fingerprint density at radius 1 is 1.14 bits per heavy atom. The van der Waals surface area contributed by atoms with Gasteiger partial charge in [0.15, 0.2) is 5.76 Å². The van der Waals surface area contributed by atoms with Gasteiger partial charge in [-0.1, -0.05) is 18.2 Å². The fraction of sp³-hybridized carbons (Fsp3) is 0.318. The van der Waals surface area contributed by atoms with Gasteiger partial charge < -0.3 is 18.3 Å². The number of carbonyl (C=O) groups is 1. The van der Waals surface area contributed by atoms with Crippen molar-refractivity contribution < 1.29 is 13.6 Å². The van der Waals surface area contributed by atoms with Gasteiger partial charge in [-0.25, -0.2) is 0 Å². The second-order valence-corrected chi connectivity index (χ2v) is 7.54. The second kappa shape index (κ2) is 7.24. The molecule has 3 aromatic heterocycles. The molecule has 0 spiro atoms. The fourth-order valence-electron chi connectivity index (χ4n) is 4.12. The van der Waals surface area contributed by atoms with Crippen LogP contribution in [0, 0.1) is 0 Å². The summed E-state index contributed by atoms with van der Waals surface area (Å²) in [7, 11) is 2.02. The van der Waals surface area contributed by atoms with Crippen LogP contribution >= 0.6 is 0 Å². The molecule has 1 amide bonds. The predicted molar refractivity (Wildman–Crippen MR) is 107 cm³/mol. The lowest BCUT2D eigenvalue weighted by Crippen LogP contribution is -2.38. The molecule has 1 fully saturated rings. The number of hydrogen-bond acceptors (Lipinski definition) is 5. The summed E-state index contributed by atoms with van der Waals surface area (Å²) in [6.45, 7) is 1.40. The molecule has 0 saturated carbocycles. The summed E-state index contributed by atoms with van der Waals surface area (Å²) in [5.41, 5.74) is 2.23. The SMILES string of the molecule is Cn1cc(CC(=O)N2CCC(c3nnc(-c4ccco4)o3)CC2)c2ccccc21. The van der Waals surface area contributed by atoms with E-state index >= 15 is 0 Å². The minimum atomic E-state index is 0.168. The molecule has 7 nitrogen and oxygen atoms in total. The standard InChI is InChI=1S/C22H22N4O3/c1-25-14-16(17-5-2-3-6-18(17)25)13-20(27)26-10-8-15(9-11-26)21-23-24-22(29-21)19-7-4-12-28-19/h2-7,12,14-15H,8-11,13H2,1H3. The molecule has 0 N–H and O–H groups in total. The van der Waals surface area contributed by atoms with Crippen LogP contribution in [-0.4, -0.2) is 38.7 Å². The average Bonchev–Trinajstić information content (AvgIpc) is 3.49.